The lowest BCUT2D eigenvalue weighted by molar-refractivity contribution is 0.0702. The highest BCUT2D eigenvalue weighted by molar-refractivity contribution is 7.14. The summed E-state index contributed by atoms with van der Waals surface area (Å²) in [5.74, 6) is -0.0444. The topological polar surface area (TPSA) is 49.3 Å². The van der Waals surface area contributed by atoms with Gasteiger partial charge in [0.15, 0.2) is 0 Å². The van der Waals surface area contributed by atoms with Gasteiger partial charge in [-0.15, -0.1) is 11.3 Å². The predicted octanol–water partition coefficient (Wildman–Crippen LogP) is 2.25. The van der Waals surface area contributed by atoms with Crippen LogP contribution in [0.1, 0.15) is 33.5 Å². The molecule has 0 aliphatic heterocycles. The Morgan fingerprint density at radius 1 is 1.73 bits per heavy atom. The van der Waals surface area contributed by atoms with Gasteiger partial charge in [0.25, 0.3) is 0 Å². The van der Waals surface area contributed by atoms with E-state index < -0.39 is 5.97 Å². The Morgan fingerprint density at radius 3 is 2.87 bits per heavy atom. The summed E-state index contributed by atoms with van der Waals surface area (Å²) in [5, 5.41) is 12.3. The van der Waals surface area contributed by atoms with Gasteiger partial charge in [-0.2, -0.15) is 0 Å². The van der Waals surface area contributed by atoms with Crippen LogP contribution in [0.4, 0.5) is 0 Å². The summed E-state index contributed by atoms with van der Waals surface area (Å²) in [4.78, 5) is 12.3. The highest BCUT2D eigenvalue weighted by Crippen LogP contribution is 2.30. The van der Waals surface area contributed by atoms with E-state index in [0.29, 0.717) is 10.9 Å². The normalized spacial score (nSPS) is 24.1. The van der Waals surface area contributed by atoms with Gasteiger partial charge in [0, 0.05) is 17.5 Å². The van der Waals surface area contributed by atoms with Crippen LogP contribution in [0.2, 0.25) is 0 Å². The zero-order valence-corrected chi connectivity index (χ0v) is 9.73. The number of hydrogen-bond acceptors (Lipinski definition) is 3. The minimum Gasteiger partial charge on any atom is -0.477 e. The molecule has 2 rings (SSSR count). The highest BCUT2D eigenvalue weighted by atomic mass is 32.1. The number of carboxylic acids is 1. The maximum atomic E-state index is 10.8. The van der Waals surface area contributed by atoms with Crippen LogP contribution in [-0.2, 0) is 6.54 Å². The van der Waals surface area contributed by atoms with Gasteiger partial charge in [0.1, 0.15) is 4.88 Å². The van der Waals surface area contributed by atoms with Crippen LogP contribution in [0.3, 0.4) is 0 Å². The van der Waals surface area contributed by atoms with Gasteiger partial charge >= 0.3 is 5.97 Å². The van der Waals surface area contributed by atoms with Gasteiger partial charge in [-0.1, -0.05) is 6.92 Å². The molecule has 1 fully saturated rings. The van der Waals surface area contributed by atoms with Crippen molar-refractivity contribution >= 4 is 17.3 Å². The zero-order valence-electron chi connectivity index (χ0n) is 8.91. The quantitative estimate of drug-likeness (QED) is 0.826. The first-order valence-electron chi connectivity index (χ1n) is 5.14. The molecule has 0 spiro atoms. The summed E-state index contributed by atoms with van der Waals surface area (Å²) in [6.07, 6.45) is 1.25. The Bertz CT molecular complexity index is 386. The molecule has 0 amide bonds. The third kappa shape index (κ3) is 2.38. The molecule has 1 heterocycles. The van der Waals surface area contributed by atoms with E-state index >= 15 is 0 Å². The van der Waals surface area contributed by atoms with Crippen molar-refractivity contribution < 1.29 is 9.90 Å². The molecule has 0 saturated heterocycles. The number of carboxylic acid groups (broad SMARTS) is 1. The van der Waals surface area contributed by atoms with Gasteiger partial charge in [-0.3, -0.25) is 0 Å². The van der Waals surface area contributed by atoms with Crippen molar-refractivity contribution in [3.05, 3.63) is 21.4 Å². The van der Waals surface area contributed by atoms with Gasteiger partial charge in [0.05, 0.1) is 0 Å². The average Bonchev–Trinajstić information content (AvgIpc) is 2.72. The van der Waals surface area contributed by atoms with Crippen LogP contribution < -0.4 is 5.32 Å². The molecule has 1 aromatic rings. The van der Waals surface area contributed by atoms with Crippen LogP contribution >= 0.6 is 11.3 Å². The van der Waals surface area contributed by atoms with Crippen LogP contribution in [0.25, 0.3) is 0 Å². The monoisotopic (exact) mass is 225 g/mol. The first-order chi connectivity index (χ1) is 7.08. The Balaban J connectivity index is 1.98. The Hall–Kier alpha value is -0.870. The van der Waals surface area contributed by atoms with Crippen LogP contribution in [-0.4, -0.2) is 17.1 Å². The SMILES string of the molecule is Cc1sc(C(=O)O)cc1CNC1CC1C. The predicted molar refractivity (Wildman–Crippen MR) is 60.4 cm³/mol. The molecule has 3 nitrogen and oxygen atoms in total. The lowest BCUT2D eigenvalue weighted by Gasteiger charge is -2.01. The molecule has 2 unspecified atom stereocenters. The molecule has 1 aliphatic carbocycles. The fourth-order valence-corrected chi connectivity index (χ4v) is 2.53. The maximum absolute atomic E-state index is 10.8. The first kappa shape index (κ1) is 10.6. The minimum absolute atomic E-state index is 0.438. The molecule has 1 aliphatic rings. The summed E-state index contributed by atoms with van der Waals surface area (Å²) in [5.41, 5.74) is 1.12. The van der Waals surface area contributed by atoms with Gasteiger partial charge in [-0.25, -0.2) is 4.79 Å². The zero-order chi connectivity index (χ0) is 11.0. The van der Waals surface area contributed by atoms with E-state index in [2.05, 4.69) is 12.2 Å². The molecule has 82 valence electrons. The number of nitrogens with one attached hydrogen (secondary N) is 1. The van der Waals surface area contributed by atoms with Crippen molar-refractivity contribution in [1.29, 1.82) is 0 Å². The fourth-order valence-electron chi connectivity index (χ4n) is 1.65. The average molecular weight is 225 g/mol. The number of aryl methyl sites for hydroxylation is 1. The van der Waals surface area contributed by atoms with Crippen LogP contribution in [0.15, 0.2) is 6.07 Å². The Kier molecular flexibility index (Phi) is 2.80. The van der Waals surface area contributed by atoms with Crippen LogP contribution in [0.5, 0.6) is 0 Å². The van der Waals surface area contributed by atoms with E-state index in [-0.39, 0.29) is 0 Å². The molecule has 15 heavy (non-hydrogen) atoms. The second-order valence-corrected chi connectivity index (χ2v) is 5.45. The van der Waals surface area contributed by atoms with E-state index in [4.69, 9.17) is 5.11 Å². The third-order valence-corrected chi connectivity index (χ3v) is 3.98. The van der Waals surface area contributed by atoms with Crippen LogP contribution in [0, 0.1) is 12.8 Å². The largest absolute Gasteiger partial charge is 0.477 e. The fraction of sp³-hybridized carbons (Fsp3) is 0.545. The molecule has 1 aromatic heterocycles. The van der Waals surface area contributed by atoms with E-state index in [1.54, 1.807) is 6.07 Å². The molecule has 4 heteroatoms. The second kappa shape index (κ2) is 3.94. The number of carbonyl (C=O) groups is 1. The lowest BCUT2D eigenvalue weighted by atomic mass is 10.2. The van der Waals surface area contributed by atoms with Crippen molar-refractivity contribution in [2.24, 2.45) is 5.92 Å². The summed E-state index contributed by atoms with van der Waals surface area (Å²) < 4.78 is 0. The van der Waals surface area contributed by atoms with Crippen molar-refractivity contribution in [2.45, 2.75) is 32.9 Å². The second-order valence-electron chi connectivity index (χ2n) is 4.20. The summed E-state index contributed by atoms with van der Waals surface area (Å²) in [6.45, 7) is 5.00. The summed E-state index contributed by atoms with van der Waals surface area (Å²) in [6, 6.07) is 2.42. The number of thiophene rings is 1. The number of hydrogen-bond donors (Lipinski definition) is 2. The lowest BCUT2D eigenvalue weighted by Crippen LogP contribution is -2.17. The maximum Gasteiger partial charge on any atom is 0.345 e. The van der Waals surface area contributed by atoms with E-state index in [1.165, 1.54) is 17.8 Å². The van der Waals surface area contributed by atoms with E-state index in [9.17, 15) is 4.79 Å². The summed E-state index contributed by atoms with van der Waals surface area (Å²) in [7, 11) is 0. The van der Waals surface area contributed by atoms with Crippen molar-refractivity contribution in [3.63, 3.8) is 0 Å². The molecule has 2 atom stereocenters. The molecule has 0 aromatic carbocycles. The highest BCUT2D eigenvalue weighted by Gasteiger charge is 2.31. The minimum atomic E-state index is -0.825. The molecule has 0 radical (unpaired) electrons. The van der Waals surface area contributed by atoms with Gasteiger partial charge in [0.2, 0.25) is 0 Å². The van der Waals surface area contributed by atoms with Gasteiger partial charge < -0.3 is 10.4 Å². The first-order valence-corrected chi connectivity index (χ1v) is 5.95. The summed E-state index contributed by atoms with van der Waals surface area (Å²) >= 11 is 1.36. The molecular formula is C11H15NO2S. The third-order valence-electron chi connectivity index (χ3n) is 2.90. The van der Waals surface area contributed by atoms with E-state index in [1.807, 2.05) is 6.92 Å². The Morgan fingerprint density at radius 2 is 2.40 bits per heavy atom. The number of aromatic carboxylic acids is 1. The number of rotatable bonds is 4. The Labute approximate surface area is 93.1 Å². The van der Waals surface area contributed by atoms with Crippen molar-refractivity contribution in [3.8, 4) is 0 Å². The molecular weight excluding hydrogens is 210 g/mol. The molecule has 2 N–H and O–H groups in total. The standard InChI is InChI=1S/C11H15NO2S/c1-6-3-9(6)12-5-8-4-10(11(13)14)15-7(8)2/h4,6,9,12H,3,5H2,1-2H3,(H,13,14). The van der Waals surface area contributed by atoms with Gasteiger partial charge in [-0.05, 0) is 30.9 Å². The smallest absolute Gasteiger partial charge is 0.345 e. The van der Waals surface area contributed by atoms with E-state index in [0.717, 1.165) is 22.9 Å². The molecule has 1 saturated carbocycles. The molecule has 0 bridgehead atoms. The van der Waals surface area contributed by atoms with Crippen molar-refractivity contribution in [2.75, 3.05) is 0 Å². The van der Waals surface area contributed by atoms with Crippen molar-refractivity contribution in [1.82, 2.24) is 5.32 Å².